The fourth-order valence-electron chi connectivity index (χ4n) is 4.68. The molecule has 5 rings (SSSR count). The second kappa shape index (κ2) is 8.15. The average Bonchev–Trinajstić information content (AvgIpc) is 3.33. The predicted octanol–water partition coefficient (Wildman–Crippen LogP) is 4.18. The molecular weight excluding hydrogens is 449 g/mol. The number of hydrogen-bond donors (Lipinski definition) is 2. The van der Waals surface area contributed by atoms with Gasteiger partial charge in [0.1, 0.15) is 16.9 Å². The smallest absolute Gasteiger partial charge is 0.256 e. The highest BCUT2D eigenvalue weighted by Crippen LogP contribution is 2.38. The van der Waals surface area contributed by atoms with E-state index < -0.39 is 24.4 Å². The first-order valence-corrected chi connectivity index (χ1v) is 11.1. The van der Waals surface area contributed by atoms with E-state index in [1.165, 1.54) is 17.7 Å². The number of aromatic nitrogens is 5. The molecule has 0 spiro atoms. The van der Waals surface area contributed by atoms with Gasteiger partial charge < -0.3 is 19.7 Å². The maximum Gasteiger partial charge on any atom is 0.256 e. The number of methoxy groups -OCH3 is 1. The lowest BCUT2D eigenvalue weighted by Gasteiger charge is -2.43. The summed E-state index contributed by atoms with van der Waals surface area (Å²) in [5.74, 6) is 0.340. The van der Waals surface area contributed by atoms with Crippen LogP contribution in [0.3, 0.4) is 0 Å². The second-order valence-electron chi connectivity index (χ2n) is 8.78. The van der Waals surface area contributed by atoms with E-state index in [1.54, 1.807) is 29.8 Å². The lowest BCUT2D eigenvalue weighted by molar-refractivity contribution is -0.0442. The summed E-state index contributed by atoms with van der Waals surface area (Å²) >= 11 is 0. The Bertz CT molecular complexity index is 1380. The van der Waals surface area contributed by atoms with Crippen molar-refractivity contribution in [2.45, 2.75) is 57.7 Å². The molecule has 1 fully saturated rings. The van der Waals surface area contributed by atoms with Crippen molar-refractivity contribution in [1.82, 2.24) is 24.1 Å². The first-order valence-electron chi connectivity index (χ1n) is 11.1. The zero-order valence-corrected chi connectivity index (χ0v) is 19.0. The number of anilines is 1. The molecule has 1 saturated carbocycles. The third-order valence-corrected chi connectivity index (χ3v) is 6.55. The molecule has 0 saturated heterocycles. The summed E-state index contributed by atoms with van der Waals surface area (Å²) in [6, 6.07) is 4.76. The molecule has 1 aliphatic carbocycles. The largest absolute Gasteiger partial charge is 0.479 e. The van der Waals surface area contributed by atoms with Gasteiger partial charge in [0.15, 0.2) is 5.82 Å². The van der Waals surface area contributed by atoms with Gasteiger partial charge in [-0.1, -0.05) is 6.92 Å². The van der Waals surface area contributed by atoms with Crippen molar-refractivity contribution >= 4 is 22.5 Å². The van der Waals surface area contributed by atoms with E-state index in [1.807, 2.05) is 6.92 Å². The van der Waals surface area contributed by atoms with Crippen LogP contribution in [0.15, 0.2) is 24.4 Å². The first kappa shape index (κ1) is 22.5. The highest BCUT2D eigenvalue weighted by atomic mass is 19.3. The Kier molecular flexibility index (Phi) is 5.38. The van der Waals surface area contributed by atoms with Gasteiger partial charge in [-0.2, -0.15) is 4.98 Å². The summed E-state index contributed by atoms with van der Waals surface area (Å²) < 4.78 is 49.6. The van der Waals surface area contributed by atoms with E-state index in [2.05, 4.69) is 20.4 Å². The summed E-state index contributed by atoms with van der Waals surface area (Å²) in [7, 11) is 1.48. The van der Waals surface area contributed by atoms with Crippen LogP contribution in [0.4, 0.5) is 19.1 Å². The Morgan fingerprint density at radius 3 is 2.74 bits per heavy atom. The molecule has 3 aromatic heterocycles. The van der Waals surface area contributed by atoms with E-state index in [0.717, 1.165) is 0 Å². The minimum absolute atomic E-state index is 0.0488. The Hall–Kier alpha value is -3.34. The fourth-order valence-corrected chi connectivity index (χ4v) is 4.68. The van der Waals surface area contributed by atoms with Crippen LogP contribution in [0.5, 0.6) is 5.88 Å². The number of rotatable bonds is 7. The number of fused-ring (bicyclic) bond motifs is 2. The molecule has 3 heterocycles. The monoisotopic (exact) mass is 474 g/mol. The van der Waals surface area contributed by atoms with Crippen LogP contribution < -0.4 is 10.1 Å². The summed E-state index contributed by atoms with van der Waals surface area (Å²) in [4.78, 5) is 8.59. The molecule has 0 atom stereocenters. The average molecular weight is 474 g/mol. The molecule has 180 valence electrons. The van der Waals surface area contributed by atoms with E-state index in [0.29, 0.717) is 53.2 Å². The molecule has 34 heavy (non-hydrogen) atoms. The van der Waals surface area contributed by atoms with Gasteiger partial charge in [0.25, 0.3) is 6.43 Å². The molecule has 0 radical (unpaired) electrons. The van der Waals surface area contributed by atoms with Gasteiger partial charge >= 0.3 is 0 Å². The highest BCUT2D eigenvalue weighted by Gasteiger charge is 2.41. The maximum atomic E-state index is 14.9. The number of ether oxygens (including phenoxy) is 1. The minimum Gasteiger partial charge on any atom is -0.479 e. The molecule has 8 nitrogen and oxygen atoms in total. The number of benzene rings is 1. The summed E-state index contributed by atoms with van der Waals surface area (Å²) in [5.41, 5.74) is 1.27. The van der Waals surface area contributed by atoms with Crippen molar-refractivity contribution in [3.63, 3.8) is 0 Å². The number of halogens is 3. The van der Waals surface area contributed by atoms with Gasteiger partial charge in [-0.05, 0) is 49.9 Å². The van der Waals surface area contributed by atoms with Gasteiger partial charge in [0.05, 0.1) is 24.8 Å². The lowest BCUT2D eigenvalue weighted by atomic mass is 9.74. The standard InChI is InChI=1S/C23H25F3N6O2/c1-4-23(33)9-14(10-23)28-22-29-21(34-3)20-15(5-6-32(20)30-22)13-7-16(24)19-17(8-13)31(11-18(25)26)12(2)27-19/h5-8,14,18,33H,4,9-11H2,1-3H3,(H,28,30)/t14-,23+. The van der Waals surface area contributed by atoms with Crippen molar-refractivity contribution in [3.05, 3.63) is 36.0 Å². The second-order valence-corrected chi connectivity index (χ2v) is 8.78. The number of imidazole rings is 1. The van der Waals surface area contributed by atoms with Crippen molar-refractivity contribution in [2.24, 2.45) is 0 Å². The van der Waals surface area contributed by atoms with Crippen LogP contribution in [0, 0.1) is 12.7 Å². The minimum atomic E-state index is -2.60. The third-order valence-electron chi connectivity index (χ3n) is 6.55. The topological polar surface area (TPSA) is 89.5 Å². The summed E-state index contributed by atoms with van der Waals surface area (Å²) in [6.07, 6.45) is 1.00. The Labute approximate surface area is 193 Å². The number of alkyl halides is 2. The number of nitrogens with one attached hydrogen (secondary N) is 1. The van der Waals surface area contributed by atoms with Crippen molar-refractivity contribution in [3.8, 4) is 17.0 Å². The van der Waals surface area contributed by atoms with Crippen molar-refractivity contribution in [1.29, 1.82) is 0 Å². The van der Waals surface area contributed by atoms with Gasteiger partial charge in [0.2, 0.25) is 11.8 Å². The fraction of sp³-hybridized carbons (Fsp3) is 0.435. The van der Waals surface area contributed by atoms with Gasteiger partial charge in [-0.25, -0.2) is 22.7 Å². The third kappa shape index (κ3) is 3.73. The Morgan fingerprint density at radius 2 is 2.06 bits per heavy atom. The molecular formula is C23H25F3N6O2. The zero-order chi connectivity index (χ0) is 24.2. The predicted molar refractivity (Wildman–Crippen MR) is 121 cm³/mol. The zero-order valence-electron chi connectivity index (χ0n) is 19.0. The normalized spacial score (nSPS) is 20.3. The van der Waals surface area contributed by atoms with Crippen LogP contribution in [0.25, 0.3) is 27.7 Å². The molecule has 0 bridgehead atoms. The van der Waals surface area contributed by atoms with Crippen molar-refractivity contribution < 1.29 is 23.0 Å². The summed E-state index contributed by atoms with van der Waals surface area (Å²) in [5, 5.41) is 18.0. The number of aliphatic hydroxyl groups is 1. The van der Waals surface area contributed by atoms with Crippen LogP contribution in [0.1, 0.15) is 32.0 Å². The van der Waals surface area contributed by atoms with Crippen LogP contribution in [-0.4, -0.2) is 54.4 Å². The Morgan fingerprint density at radius 1 is 1.29 bits per heavy atom. The molecule has 0 aliphatic heterocycles. The van der Waals surface area contributed by atoms with Crippen LogP contribution in [0.2, 0.25) is 0 Å². The molecule has 1 aliphatic rings. The number of hydrogen-bond acceptors (Lipinski definition) is 6. The summed E-state index contributed by atoms with van der Waals surface area (Å²) in [6.45, 7) is 2.95. The van der Waals surface area contributed by atoms with Crippen LogP contribution in [-0.2, 0) is 6.54 Å². The van der Waals surface area contributed by atoms with Crippen LogP contribution >= 0.6 is 0 Å². The SMILES string of the molecule is CC[C@]1(O)C[C@@H](Nc2nc(OC)c3c(-c4cc(F)c5nc(C)n(CC(F)F)c5c4)ccn3n2)C1. The molecule has 0 amide bonds. The molecule has 1 aromatic carbocycles. The first-order chi connectivity index (χ1) is 16.2. The maximum absolute atomic E-state index is 14.9. The van der Waals surface area contributed by atoms with Gasteiger partial charge in [0, 0.05) is 17.8 Å². The molecule has 2 N–H and O–H groups in total. The Balaban J connectivity index is 1.55. The lowest BCUT2D eigenvalue weighted by Crippen LogP contribution is -2.50. The van der Waals surface area contributed by atoms with Crippen molar-refractivity contribution in [2.75, 3.05) is 12.4 Å². The van der Waals surface area contributed by atoms with Gasteiger partial charge in [-0.3, -0.25) is 0 Å². The highest BCUT2D eigenvalue weighted by molar-refractivity contribution is 5.90. The quantitative estimate of drug-likeness (QED) is 0.418. The van der Waals surface area contributed by atoms with E-state index in [9.17, 15) is 18.3 Å². The van der Waals surface area contributed by atoms with E-state index in [4.69, 9.17) is 4.74 Å². The van der Waals surface area contributed by atoms with E-state index in [-0.39, 0.29) is 17.4 Å². The number of aryl methyl sites for hydroxylation is 1. The number of nitrogens with zero attached hydrogens (tertiary/aromatic N) is 5. The van der Waals surface area contributed by atoms with Gasteiger partial charge in [-0.15, -0.1) is 5.10 Å². The molecule has 11 heteroatoms. The van der Waals surface area contributed by atoms with E-state index >= 15 is 0 Å². The molecule has 0 unspecified atom stereocenters. The molecule has 4 aromatic rings.